The Morgan fingerprint density at radius 1 is 1.03 bits per heavy atom. The third kappa shape index (κ3) is 4.60. The number of anilines is 1. The molecule has 0 bridgehead atoms. The average molecular weight is 501 g/mol. The molecule has 0 amide bonds. The summed E-state index contributed by atoms with van der Waals surface area (Å²) in [5.74, 6) is -0.195. The summed E-state index contributed by atoms with van der Waals surface area (Å²) in [6.45, 7) is 1.39. The van der Waals surface area contributed by atoms with Crippen LogP contribution in [0.3, 0.4) is 0 Å². The minimum absolute atomic E-state index is 0.0648. The Morgan fingerprint density at radius 3 is 2.42 bits per heavy atom. The molecule has 3 aromatic heterocycles. The second kappa shape index (κ2) is 9.41. The van der Waals surface area contributed by atoms with Crippen LogP contribution in [-0.2, 0) is 19.8 Å². The van der Waals surface area contributed by atoms with E-state index in [4.69, 9.17) is 0 Å². The molecule has 4 heterocycles. The molecule has 0 unspecified atom stereocenters. The Bertz CT molecular complexity index is 1380. The van der Waals surface area contributed by atoms with Gasteiger partial charge in [0.15, 0.2) is 5.82 Å². The summed E-state index contributed by atoms with van der Waals surface area (Å²) < 4.78 is 55.4. The van der Waals surface area contributed by atoms with E-state index in [0.717, 1.165) is 35.4 Å². The highest BCUT2D eigenvalue weighted by Crippen LogP contribution is 2.34. The molecule has 1 aliphatic rings. The van der Waals surface area contributed by atoms with Crippen LogP contribution in [0.25, 0.3) is 22.2 Å². The number of nitrogens with zero attached hydrogens (tertiary/aromatic N) is 8. The lowest BCUT2D eigenvalue weighted by Crippen LogP contribution is -2.43. The summed E-state index contributed by atoms with van der Waals surface area (Å²) in [4.78, 5) is 4.02. The maximum atomic E-state index is 13.5. The predicted octanol–water partition coefficient (Wildman–Crippen LogP) is 4.08. The number of halogens is 4. The van der Waals surface area contributed by atoms with Crippen molar-refractivity contribution in [2.24, 2.45) is 7.05 Å². The van der Waals surface area contributed by atoms with E-state index in [-0.39, 0.29) is 18.2 Å². The van der Waals surface area contributed by atoms with Crippen LogP contribution in [-0.4, -0.2) is 61.3 Å². The largest absolute Gasteiger partial charge is 0.416 e. The molecule has 5 rings (SSSR count). The van der Waals surface area contributed by atoms with Gasteiger partial charge in [-0.1, -0.05) is 6.07 Å². The lowest BCUT2D eigenvalue weighted by Gasteiger charge is -2.37. The van der Waals surface area contributed by atoms with Crippen LogP contribution in [0.15, 0.2) is 42.9 Å². The molecule has 1 saturated heterocycles. The van der Waals surface area contributed by atoms with Crippen molar-refractivity contribution in [3.8, 4) is 11.4 Å². The first kappa shape index (κ1) is 24.0. The summed E-state index contributed by atoms with van der Waals surface area (Å²) in [7, 11) is 3.63. The fourth-order valence-corrected chi connectivity index (χ4v) is 4.79. The van der Waals surface area contributed by atoms with E-state index in [1.807, 2.05) is 18.0 Å². The summed E-state index contributed by atoms with van der Waals surface area (Å²) >= 11 is 0. The van der Waals surface area contributed by atoms with E-state index in [0.29, 0.717) is 30.7 Å². The van der Waals surface area contributed by atoms with Gasteiger partial charge < -0.3 is 4.90 Å². The highest BCUT2D eigenvalue weighted by atomic mass is 19.4. The number of hydrogen-bond donors (Lipinski definition) is 0. The van der Waals surface area contributed by atoms with Gasteiger partial charge in [-0.15, -0.1) is 10.2 Å². The molecule has 0 N–H and O–H groups in total. The molecule has 0 aliphatic carbocycles. The topological polar surface area (TPSA) is 75.9 Å². The van der Waals surface area contributed by atoms with Crippen molar-refractivity contribution in [1.82, 2.24) is 35.1 Å². The monoisotopic (exact) mass is 500 g/mol. The van der Waals surface area contributed by atoms with Gasteiger partial charge in [-0.3, -0.25) is 9.58 Å². The minimum Gasteiger partial charge on any atom is -0.354 e. The first-order valence-electron chi connectivity index (χ1n) is 11.5. The number of alkyl halides is 3. The quantitative estimate of drug-likeness (QED) is 0.382. The Hall–Kier alpha value is -3.67. The van der Waals surface area contributed by atoms with Gasteiger partial charge >= 0.3 is 6.18 Å². The number of benzene rings is 1. The average Bonchev–Trinajstić information content (AvgIpc) is 3.29. The van der Waals surface area contributed by atoms with Crippen molar-refractivity contribution in [2.45, 2.75) is 31.6 Å². The second-order valence-electron chi connectivity index (χ2n) is 8.96. The van der Waals surface area contributed by atoms with Crippen LogP contribution < -0.4 is 4.90 Å². The standard InChI is InChI=1S/C24H24F4N8/c1-34(14-15-3-4-16(25)11-20(15)24(26,27)28)17-6-9-36(10-7-17)23-19-13-30-29-12-18(19)22(32-33-23)21-5-8-31-35(21)2/h3-5,8,11-13,17H,6-7,9-10,14H2,1-2H3. The first-order valence-corrected chi connectivity index (χ1v) is 11.5. The normalized spacial score (nSPS) is 15.2. The van der Waals surface area contributed by atoms with E-state index in [1.54, 1.807) is 30.3 Å². The van der Waals surface area contributed by atoms with Gasteiger partial charge in [-0.05, 0) is 43.7 Å². The fourth-order valence-electron chi connectivity index (χ4n) is 4.79. The lowest BCUT2D eigenvalue weighted by atomic mass is 10.0. The third-order valence-electron chi connectivity index (χ3n) is 6.72. The Labute approximate surface area is 204 Å². The van der Waals surface area contributed by atoms with Crippen molar-refractivity contribution in [3.63, 3.8) is 0 Å². The van der Waals surface area contributed by atoms with E-state index in [1.165, 1.54) is 6.07 Å². The molecule has 1 fully saturated rings. The van der Waals surface area contributed by atoms with Crippen molar-refractivity contribution in [3.05, 3.63) is 59.8 Å². The van der Waals surface area contributed by atoms with Crippen LogP contribution in [0, 0.1) is 5.82 Å². The molecule has 1 aliphatic heterocycles. The van der Waals surface area contributed by atoms with Gasteiger partial charge in [0, 0.05) is 44.3 Å². The zero-order chi connectivity index (χ0) is 25.4. The smallest absolute Gasteiger partial charge is 0.354 e. The van der Waals surface area contributed by atoms with E-state index >= 15 is 0 Å². The molecular weight excluding hydrogens is 476 g/mol. The van der Waals surface area contributed by atoms with Gasteiger partial charge in [-0.2, -0.15) is 28.5 Å². The molecule has 8 nitrogen and oxygen atoms in total. The number of hydrogen-bond acceptors (Lipinski definition) is 7. The number of aromatic nitrogens is 6. The summed E-state index contributed by atoms with van der Waals surface area (Å²) in [5.41, 5.74) is 0.614. The number of rotatable bonds is 5. The zero-order valence-corrected chi connectivity index (χ0v) is 19.7. The third-order valence-corrected chi connectivity index (χ3v) is 6.72. The first-order chi connectivity index (χ1) is 17.2. The highest BCUT2D eigenvalue weighted by Gasteiger charge is 2.34. The number of aryl methyl sites for hydroxylation is 1. The summed E-state index contributed by atoms with van der Waals surface area (Å²) in [5, 5.41) is 22.9. The molecule has 36 heavy (non-hydrogen) atoms. The maximum absolute atomic E-state index is 13.5. The van der Waals surface area contributed by atoms with Crippen molar-refractivity contribution in [2.75, 3.05) is 25.0 Å². The number of piperidine rings is 1. The van der Waals surface area contributed by atoms with Gasteiger partial charge in [0.1, 0.15) is 11.5 Å². The molecule has 0 radical (unpaired) electrons. The molecule has 0 saturated carbocycles. The summed E-state index contributed by atoms with van der Waals surface area (Å²) in [6, 6.07) is 4.78. The Balaban J connectivity index is 1.33. The summed E-state index contributed by atoms with van der Waals surface area (Å²) in [6.07, 6.45) is 1.87. The highest BCUT2D eigenvalue weighted by molar-refractivity contribution is 5.98. The molecular formula is C24H24F4N8. The molecule has 188 valence electrons. The second-order valence-corrected chi connectivity index (χ2v) is 8.96. The van der Waals surface area contributed by atoms with E-state index < -0.39 is 17.6 Å². The fraction of sp³-hybridized carbons (Fsp3) is 0.375. The van der Waals surface area contributed by atoms with Gasteiger partial charge in [0.25, 0.3) is 0 Å². The minimum atomic E-state index is -4.61. The SMILES string of the molecule is CN(Cc1ccc(F)cc1C(F)(F)F)C1CCN(c2nnc(-c3ccnn3C)c3cnncc23)CC1. The molecule has 0 spiro atoms. The Kier molecular flexibility index (Phi) is 6.29. The van der Waals surface area contributed by atoms with Crippen LogP contribution in [0.2, 0.25) is 0 Å². The van der Waals surface area contributed by atoms with Crippen molar-refractivity contribution >= 4 is 16.6 Å². The molecule has 12 heteroatoms. The zero-order valence-electron chi connectivity index (χ0n) is 19.7. The van der Waals surface area contributed by atoms with E-state index in [9.17, 15) is 17.6 Å². The van der Waals surface area contributed by atoms with Crippen LogP contribution in [0.5, 0.6) is 0 Å². The van der Waals surface area contributed by atoms with E-state index in [2.05, 4.69) is 30.4 Å². The van der Waals surface area contributed by atoms with Crippen molar-refractivity contribution in [1.29, 1.82) is 0 Å². The van der Waals surface area contributed by atoms with Gasteiger partial charge in [-0.25, -0.2) is 4.39 Å². The molecule has 1 aromatic carbocycles. The molecule has 4 aromatic rings. The van der Waals surface area contributed by atoms with Crippen LogP contribution >= 0.6 is 0 Å². The maximum Gasteiger partial charge on any atom is 0.416 e. The Morgan fingerprint density at radius 2 is 1.75 bits per heavy atom. The van der Waals surface area contributed by atoms with Crippen molar-refractivity contribution < 1.29 is 17.6 Å². The van der Waals surface area contributed by atoms with Gasteiger partial charge in [0.2, 0.25) is 0 Å². The number of fused-ring (bicyclic) bond motifs is 1. The molecule has 0 atom stereocenters. The lowest BCUT2D eigenvalue weighted by molar-refractivity contribution is -0.138. The van der Waals surface area contributed by atoms with Gasteiger partial charge in [0.05, 0.1) is 29.0 Å². The predicted molar refractivity (Wildman–Crippen MR) is 125 cm³/mol. The van der Waals surface area contributed by atoms with Crippen LogP contribution in [0.4, 0.5) is 23.4 Å². The van der Waals surface area contributed by atoms with Crippen LogP contribution in [0.1, 0.15) is 24.0 Å².